The summed E-state index contributed by atoms with van der Waals surface area (Å²) in [4.78, 5) is 19.4. The predicted molar refractivity (Wildman–Crippen MR) is 94.5 cm³/mol. The van der Waals surface area contributed by atoms with Gasteiger partial charge in [-0.2, -0.15) is 13.2 Å². The molecule has 0 saturated carbocycles. The minimum absolute atomic E-state index is 0.00487. The van der Waals surface area contributed by atoms with Crippen molar-refractivity contribution in [3.63, 3.8) is 0 Å². The third-order valence-electron chi connectivity index (χ3n) is 3.42. The normalized spacial score (nSPS) is 13.0. The molecule has 0 saturated heterocycles. The molecule has 0 spiro atoms. The molecule has 0 unspecified atom stereocenters. The van der Waals surface area contributed by atoms with E-state index in [1.54, 1.807) is 12.1 Å². The SMILES string of the molecule is CN(C)c1nc2sc(C(=O)N[C@H](c3ccccc3)C(F)(F)F)cc2s1. The second-order valence-corrected chi connectivity index (χ2v) is 7.57. The highest BCUT2D eigenvalue weighted by Gasteiger charge is 2.42. The largest absolute Gasteiger partial charge is 0.412 e. The minimum Gasteiger partial charge on any atom is -0.354 e. The Balaban J connectivity index is 1.85. The Bertz CT molecular complexity index is 856. The molecule has 3 aromatic rings. The van der Waals surface area contributed by atoms with Crippen LogP contribution in [0.3, 0.4) is 0 Å². The van der Waals surface area contributed by atoms with Gasteiger partial charge in [0.1, 0.15) is 4.83 Å². The van der Waals surface area contributed by atoms with Crippen molar-refractivity contribution in [3.05, 3.63) is 46.8 Å². The highest BCUT2D eigenvalue weighted by Crippen LogP contribution is 2.36. The molecule has 0 aliphatic carbocycles. The highest BCUT2D eigenvalue weighted by atomic mass is 32.1. The number of amides is 1. The number of aromatic nitrogens is 1. The van der Waals surface area contributed by atoms with Crippen LogP contribution >= 0.6 is 22.7 Å². The summed E-state index contributed by atoms with van der Waals surface area (Å²) in [6, 6.07) is 6.86. The van der Waals surface area contributed by atoms with Gasteiger partial charge in [-0.25, -0.2) is 4.98 Å². The van der Waals surface area contributed by atoms with Crippen LogP contribution in [0.25, 0.3) is 9.53 Å². The van der Waals surface area contributed by atoms with Crippen LogP contribution in [0.1, 0.15) is 21.3 Å². The number of anilines is 1. The summed E-state index contributed by atoms with van der Waals surface area (Å²) >= 11 is 2.47. The van der Waals surface area contributed by atoms with Crippen LogP contribution in [0, 0.1) is 0 Å². The molecule has 0 aliphatic heterocycles. The van der Waals surface area contributed by atoms with Crippen molar-refractivity contribution in [3.8, 4) is 0 Å². The van der Waals surface area contributed by atoms with Crippen LogP contribution in [-0.2, 0) is 0 Å². The highest BCUT2D eigenvalue weighted by molar-refractivity contribution is 7.29. The van der Waals surface area contributed by atoms with Crippen LogP contribution in [0.5, 0.6) is 0 Å². The van der Waals surface area contributed by atoms with Crippen LogP contribution < -0.4 is 10.2 Å². The number of halogens is 3. The average molecular weight is 385 g/mol. The molecule has 132 valence electrons. The second-order valence-electron chi connectivity index (χ2n) is 5.53. The van der Waals surface area contributed by atoms with Crippen LogP contribution in [-0.4, -0.2) is 31.2 Å². The van der Waals surface area contributed by atoms with E-state index in [1.807, 2.05) is 19.0 Å². The molecule has 25 heavy (non-hydrogen) atoms. The van der Waals surface area contributed by atoms with Gasteiger partial charge in [0.25, 0.3) is 5.91 Å². The Morgan fingerprint density at radius 3 is 2.44 bits per heavy atom. The Kier molecular flexibility index (Phi) is 4.70. The zero-order chi connectivity index (χ0) is 18.2. The topological polar surface area (TPSA) is 45.2 Å². The maximum atomic E-state index is 13.3. The standard InChI is InChI=1S/C16H14F3N3OS2/c1-22(2)15-21-14-11(25-15)8-10(24-14)13(23)20-12(16(17,18)19)9-6-4-3-5-7-9/h3-8,12H,1-2H3,(H,20,23)/t12-/m1/s1. The fourth-order valence-corrected chi connectivity index (χ4v) is 4.27. The van der Waals surface area contributed by atoms with E-state index in [4.69, 9.17) is 0 Å². The maximum Gasteiger partial charge on any atom is 0.412 e. The summed E-state index contributed by atoms with van der Waals surface area (Å²) < 4.78 is 40.8. The molecule has 4 nitrogen and oxygen atoms in total. The molecule has 3 rings (SSSR count). The second kappa shape index (κ2) is 6.64. The summed E-state index contributed by atoms with van der Waals surface area (Å²) in [7, 11) is 3.70. The van der Waals surface area contributed by atoms with Crippen molar-refractivity contribution in [2.45, 2.75) is 12.2 Å². The van der Waals surface area contributed by atoms with E-state index >= 15 is 0 Å². The predicted octanol–water partition coefficient (Wildman–Crippen LogP) is 4.46. The number of nitrogens with one attached hydrogen (secondary N) is 1. The van der Waals surface area contributed by atoms with Gasteiger partial charge in [-0.05, 0) is 11.6 Å². The summed E-state index contributed by atoms with van der Waals surface area (Å²) in [5.41, 5.74) is -0.00487. The molecule has 1 aromatic carbocycles. The van der Waals surface area contributed by atoms with Gasteiger partial charge in [-0.3, -0.25) is 4.79 Å². The first-order valence-electron chi connectivity index (χ1n) is 7.26. The van der Waals surface area contributed by atoms with Crippen LogP contribution in [0.2, 0.25) is 0 Å². The first-order valence-corrected chi connectivity index (χ1v) is 8.89. The number of rotatable bonds is 4. The van der Waals surface area contributed by atoms with Gasteiger partial charge in [-0.1, -0.05) is 41.7 Å². The number of nitrogens with zero attached hydrogens (tertiary/aromatic N) is 2. The molecular formula is C16H14F3N3OS2. The van der Waals surface area contributed by atoms with E-state index in [2.05, 4.69) is 10.3 Å². The van der Waals surface area contributed by atoms with Crippen molar-refractivity contribution >= 4 is 43.2 Å². The van der Waals surface area contributed by atoms with E-state index < -0.39 is 18.1 Å². The molecule has 0 radical (unpaired) electrons. The third kappa shape index (κ3) is 3.77. The molecule has 1 atom stereocenters. The number of carbonyl (C=O) groups is 1. The van der Waals surface area contributed by atoms with Crippen molar-refractivity contribution in [1.82, 2.24) is 10.3 Å². The lowest BCUT2D eigenvalue weighted by atomic mass is 10.1. The molecule has 9 heteroatoms. The lowest BCUT2D eigenvalue weighted by Crippen LogP contribution is -2.37. The molecule has 2 aromatic heterocycles. The van der Waals surface area contributed by atoms with Gasteiger partial charge >= 0.3 is 6.18 Å². The summed E-state index contributed by atoms with van der Waals surface area (Å²) in [6.07, 6.45) is -4.58. The van der Waals surface area contributed by atoms with Gasteiger partial charge in [0.15, 0.2) is 11.2 Å². The molecule has 0 fully saturated rings. The number of fused-ring (bicyclic) bond motifs is 1. The fourth-order valence-electron chi connectivity index (χ4n) is 2.23. The monoisotopic (exact) mass is 385 g/mol. The average Bonchev–Trinajstić information content (AvgIpc) is 3.11. The maximum absolute atomic E-state index is 13.3. The summed E-state index contributed by atoms with van der Waals surface area (Å²) in [5.74, 6) is -0.757. The number of benzene rings is 1. The number of carbonyl (C=O) groups excluding carboxylic acids is 1. The van der Waals surface area contributed by atoms with E-state index in [-0.39, 0.29) is 10.4 Å². The first-order chi connectivity index (χ1) is 11.8. The lowest BCUT2D eigenvalue weighted by Gasteiger charge is -2.21. The Hall–Kier alpha value is -2.13. The third-order valence-corrected chi connectivity index (χ3v) is 5.75. The molecule has 1 N–H and O–H groups in total. The van der Waals surface area contributed by atoms with Gasteiger partial charge in [0.2, 0.25) is 0 Å². The Morgan fingerprint density at radius 2 is 1.88 bits per heavy atom. The van der Waals surface area contributed by atoms with Gasteiger partial charge in [0.05, 0.1) is 9.58 Å². The molecule has 0 aliphatic rings. The van der Waals surface area contributed by atoms with Crippen molar-refractivity contribution in [2.75, 3.05) is 19.0 Å². The summed E-state index contributed by atoms with van der Waals surface area (Å²) in [5, 5.41) is 2.87. The minimum atomic E-state index is -4.58. The molecule has 2 heterocycles. The van der Waals surface area contributed by atoms with Crippen LogP contribution in [0.4, 0.5) is 18.3 Å². The van der Waals surface area contributed by atoms with E-state index in [1.165, 1.54) is 35.6 Å². The molecule has 1 amide bonds. The van der Waals surface area contributed by atoms with E-state index in [0.717, 1.165) is 21.2 Å². The Labute approximate surface area is 149 Å². The van der Waals surface area contributed by atoms with Crippen molar-refractivity contribution in [1.29, 1.82) is 0 Å². The molecular weight excluding hydrogens is 371 g/mol. The quantitative estimate of drug-likeness (QED) is 0.721. The van der Waals surface area contributed by atoms with Crippen molar-refractivity contribution in [2.24, 2.45) is 0 Å². The number of thiophene rings is 1. The number of thiazole rings is 1. The number of hydrogen-bond donors (Lipinski definition) is 1. The van der Waals surface area contributed by atoms with Crippen LogP contribution in [0.15, 0.2) is 36.4 Å². The van der Waals surface area contributed by atoms with Gasteiger partial charge < -0.3 is 10.2 Å². The van der Waals surface area contributed by atoms with E-state index in [9.17, 15) is 18.0 Å². The molecule has 0 bridgehead atoms. The Morgan fingerprint density at radius 1 is 1.20 bits per heavy atom. The smallest absolute Gasteiger partial charge is 0.354 e. The first kappa shape index (κ1) is 17.7. The van der Waals surface area contributed by atoms with Gasteiger partial charge in [-0.15, -0.1) is 11.3 Å². The zero-order valence-electron chi connectivity index (χ0n) is 13.3. The fraction of sp³-hybridized carbons (Fsp3) is 0.250. The summed E-state index contributed by atoms with van der Waals surface area (Å²) in [6.45, 7) is 0. The van der Waals surface area contributed by atoms with E-state index in [0.29, 0.717) is 4.83 Å². The number of alkyl halides is 3. The number of hydrogen-bond acceptors (Lipinski definition) is 5. The van der Waals surface area contributed by atoms with Crippen molar-refractivity contribution < 1.29 is 18.0 Å². The zero-order valence-corrected chi connectivity index (χ0v) is 14.9. The lowest BCUT2D eigenvalue weighted by molar-refractivity contribution is -0.155. The van der Waals surface area contributed by atoms with Gasteiger partial charge in [0, 0.05) is 14.1 Å².